The van der Waals surface area contributed by atoms with Gasteiger partial charge in [-0.2, -0.15) is 0 Å². The summed E-state index contributed by atoms with van der Waals surface area (Å²) in [5.41, 5.74) is -0.366. The molecule has 0 amide bonds. The number of ether oxygens (including phenoxy) is 2. The van der Waals surface area contributed by atoms with Crippen LogP contribution in [0.3, 0.4) is 0 Å². The Morgan fingerprint density at radius 3 is 2.13 bits per heavy atom. The maximum atomic E-state index is 11.9. The highest BCUT2D eigenvalue weighted by atomic mass is 16.7. The first kappa shape index (κ1) is 17.2. The van der Waals surface area contributed by atoms with Gasteiger partial charge >= 0.3 is 5.97 Å². The summed E-state index contributed by atoms with van der Waals surface area (Å²) in [6, 6.07) is 1.61. The van der Waals surface area contributed by atoms with Crippen LogP contribution in [0, 0.1) is 0 Å². The van der Waals surface area contributed by atoms with Crippen molar-refractivity contribution in [3.63, 3.8) is 0 Å². The van der Waals surface area contributed by atoms with Crippen molar-refractivity contribution in [1.82, 2.24) is 0 Å². The average Bonchev–Trinajstić information content (AvgIpc) is 2.52. The normalized spacial score (nSPS) is 30.9. The predicted molar refractivity (Wildman–Crippen MR) is 70.6 cm³/mol. The quantitative estimate of drug-likeness (QED) is 0.236. The number of carbonyl (C=O) groups is 1. The third-order valence-electron chi connectivity index (χ3n) is 3.38. The number of hydrogen-bond donors (Lipinski definition) is 7. The molecule has 10 heteroatoms. The molecule has 1 aromatic rings. The Morgan fingerprint density at radius 1 is 1.04 bits per heavy atom. The first-order chi connectivity index (χ1) is 10.8. The maximum Gasteiger partial charge on any atom is 0.340 e. The van der Waals surface area contributed by atoms with Crippen molar-refractivity contribution in [3.8, 4) is 17.2 Å². The van der Waals surface area contributed by atoms with Crippen molar-refractivity contribution in [3.05, 3.63) is 17.7 Å². The summed E-state index contributed by atoms with van der Waals surface area (Å²) in [5, 5.41) is 65.8. The first-order valence-corrected chi connectivity index (χ1v) is 6.52. The van der Waals surface area contributed by atoms with Crippen LogP contribution in [0.2, 0.25) is 0 Å². The number of esters is 1. The summed E-state index contributed by atoms with van der Waals surface area (Å²) >= 11 is 0. The number of phenols is 3. The Morgan fingerprint density at radius 2 is 1.61 bits per heavy atom. The lowest BCUT2D eigenvalue weighted by molar-refractivity contribution is -0.285. The minimum absolute atomic E-state index is 0.366. The number of carbonyl (C=O) groups excluding carboxylic acids is 1. The van der Waals surface area contributed by atoms with E-state index in [1.165, 1.54) is 0 Å². The summed E-state index contributed by atoms with van der Waals surface area (Å²) in [6.07, 6.45) is -8.06. The highest BCUT2D eigenvalue weighted by molar-refractivity contribution is 5.91. The standard InChI is InChI=1S/C13H16O10/c14-3-7-9(18)10(19)11(20)13(22-7)23-12(21)4-1-5(15)8(17)6(16)2-4/h1-2,7,9-11,13-20H,3H2/t7-,9-,10+,11-,13-/m1/s1. The molecule has 1 fully saturated rings. The van der Waals surface area contributed by atoms with Crippen molar-refractivity contribution >= 4 is 5.97 Å². The third kappa shape index (κ3) is 3.30. The molecule has 1 aliphatic heterocycles. The molecular weight excluding hydrogens is 316 g/mol. The molecule has 23 heavy (non-hydrogen) atoms. The van der Waals surface area contributed by atoms with Crippen LogP contribution in [0.15, 0.2) is 12.1 Å². The monoisotopic (exact) mass is 332 g/mol. The average molecular weight is 332 g/mol. The van der Waals surface area contributed by atoms with Crippen LogP contribution in [0.25, 0.3) is 0 Å². The molecule has 1 aromatic carbocycles. The summed E-state index contributed by atoms with van der Waals surface area (Å²) in [7, 11) is 0. The lowest BCUT2D eigenvalue weighted by Gasteiger charge is -2.39. The van der Waals surface area contributed by atoms with Crippen LogP contribution < -0.4 is 0 Å². The van der Waals surface area contributed by atoms with E-state index in [9.17, 15) is 35.4 Å². The van der Waals surface area contributed by atoms with Gasteiger partial charge in [-0.1, -0.05) is 0 Å². The van der Waals surface area contributed by atoms with E-state index in [2.05, 4.69) is 0 Å². The summed E-state index contributed by atoms with van der Waals surface area (Å²) in [6.45, 7) is -0.695. The van der Waals surface area contributed by atoms with E-state index >= 15 is 0 Å². The lowest BCUT2D eigenvalue weighted by Crippen LogP contribution is -2.59. The van der Waals surface area contributed by atoms with Crippen LogP contribution in [0.5, 0.6) is 17.2 Å². The molecule has 7 N–H and O–H groups in total. The van der Waals surface area contributed by atoms with Crippen molar-refractivity contribution in [2.24, 2.45) is 0 Å². The molecule has 1 saturated heterocycles. The SMILES string of the molecule is O=C(O[C@H]1O[C@H](CO)[C@@H](O)[C@H](O)[C@H]1O)c1cc(O)c(O)c(O)c1. The number of phenolic OH excluding ortho intramolecular Hbond substituents is 3. The van der Waals surface area contributed by atoms with Crippen LogP contribution in [0.1, 0.15) is 10.4 Å². The van der Waals surface area contributed by atoms with Gasteiger partial charge in [0.1, 0.15) is 24.4 Å². The second-order valence-corrected chi connectivity index (χ2v) is 4.97. The first-order valence-electron chi connectivity index (χ1n) is 6.52. The molecular formula is C13H16O10. The number of aliphatic hydroxyl groups is 4. The van der Waals surface area contributed by atoms with Gasteiger partial charge in [-0.3, -0.25) is 0 Å². The smallest absolute Gasteiger partial charge is 0.340 e. The molecule has 0 unspecified atom stereocenters. The van der Waals surface area contributed by atoms with E-state index < -0.39 is 60.5 Å². The molecule has 0 aromatic heterocycles. The van der Waals surface area contributed by atoms with Crippen molar-refractivity contribution in [2.45, 2.75) is 30.7 Å². The van der Waals surface area contributed by atoms with Crippen LogP contribution in [0.4, 0.5) is 0 Å². The van der Waals surface area contributed by atoms with Gasteiger partial charge in [-0.15, -0.1) is 0 Å². The van der Waals surface area contributed by atoms with Crippen molar-refractivity contribution in [2.75, 3.05) is 6.61 Å². The molecule has 0 saturated carbocycles. The topological polar surface area (TPSA) is 177 Å². The van der Waals surface area contributed by atoms with E-state index in [1.54, 1.807) is 0 Å². The molecule has 0 spiro atoms. The largest absolute Gasteiger partial charge is 0.504 e. The minimum Gasteiger partial charge on any atom is -0.504 e. The van der Waals surface area contributed by atoms with Gasteiger partial charge in [0.2, 0.25) is 6.29 Å². The fraction of sp³-hybridized carbons (Fsp3) is 0.462. The van der Waals surface area contributed by atoms with Gasteiger partial charge in [0.05, 0.1) is 12.2 Å². The zero-order chi connectivity index (χ0) is 17.3. The number of aromatic hydroxyl groups is 3. The molecule has 5 atom stereocenters. The third-order valence-corrected chi connectivity index (χ3v) is 3.38. The summed E-state index contributed by atoms with van der Waals surface area (Å²) in [4.78, 5) is 11.9. The van der Waals surface area contributed by atoms with Crippen LogP contribution >= 0.6 is 0 Å². The Labute approximate surface area is 129 Å². The van der Waals surface area contributed by atoms with Crippen LogP contribution in [-0.4, -0.2) is 79.0 Å². The number of hydrogen-bond acceptors (Lipinski definition) is 10. The maximum absolute atomic E-state index is 11.9. The number of rotatable bonds is 3. The highest BCUT2D eigenvalue weighted by Gasteiger charge is 2.45. The zero-order valence-electron chi connectivity index (χ0n) is 11.6. The van der Waals surface area contributed by atoms with Gasteiger partial charge in [0.25, 0.3) is 0 Å². The van der Waals surface area contributed by atoms with Crippen molar-refractivity contribution in [1.29, 1.82) is 0 Å². The molecule has 0 bridgehead atoms. The van der Waals surface area contributed by atoms with Gasteiger partial charge in [0.15, 0.2) is 17.2 Å². The molecule has 0 radical (unpaired) electrons. The molecule has 128 valence electrons. The Balaban J connectivity index is 2.16. The molecule has 10 nitrogen and oxygen atoms in total. The fourth-order valence-electron chi connectivity index (χ4n) is 2.06. The van der Waals surface area contributed by atoms with E-state index in [4.69, 9.17) is 14.6 Å². The van der Waals surface area contributed by atoms with E-state index in [0.717, 1.165) is 12.1 Å². The van der Waals surface area contributed by atoms with Gasteiger partial charge in [-0.25, -0.2) is 4.79 Å². The second kappa shape index (κ2) is 6.56. The summed E-state index contributed by atoms with van der Waals surface area (Å²) in [5.74, 6) is -3.52. The molecule has 0 aliphatic carbocycles. The van der Waals surface area contributed by atoms with Gasteiger partial charge < -0.3 is 45.2 Å². The van der Waals surface area contributed by atoms with E-state index in [1.807, 2.05) is 0 Å². The van der Waals surface area contributed by atoms with Gasteiger partial charge in [-0.05, 0) is 12.1 Å². The molecule has 1 heterocycles. The highest BCUT2D eigenvalue weighted by Crippen LogP contribution is 2.35. The molecule has 1 aliphatic rings. The second-order valence-electron chi connectivity index (χ2n) is 4.97. The fourth-order valence-corrected chi connectivity index (χ4v) is 2.06. The van der Waals surface area contributed by atoms with E-state index in [-0.39, 0.29) is 5.56 Å². The Hall–Kier alpha value is -2.11. The summed E-state index contributed by atoms with van der Waals surface area (Å²) < 4.78 is 9.77. The Bertz CT molecular complexity index is 563. The number of benzene rings is 1. The zero-order valence-corrected chi connectivity index (χ0v) is 11.6. The Kier molecular flexibility index (Phi) is 4.92. The lowest BCUT2D eigenvalue weighted by atomic mass is 9.99. The predicted octanol–water partition coefficient (Wildman–Crippen LogP) is -2.24. The van der Waals surface area contributed by atoms with Crippen LogP contribution in [-0.2, 0) is 9.47 Å². The minimum atomic E-state index is -1.78. The number of aliphatic hydroxyl groups excluding tert-OH is 4. The van der Waals surface area contributed by atoms with E-state index in [0.29, 0.717) is 0 Å². The van der Waals surface area contributed by atoms with Gasteiger partial charge in [0, 0.05) is 0 Å². The van der Waals surface area contributed by atoms with Crippen molar-refractivity contribution < 1.29 is 50.0 Å². The molecule has 2 rings (SSSR count).